The molecule has 2 aliphatic carbocycles. The van der Waals surface area contributed by atoms with Crippen molar-refractivity contribution in [3.05, 3.63) is 29.1 Å². The van der Waals surface area contributed by atoms with Gasteiger partial charge < -0.3 is 37.2 Å². The Bertz CT molecular complexity index is 523. The van der Waals surface area contributed by atoms with Crippen molar-refractivity contribution in [1.29, 1.82) is 0 Å². The Morgan fingerprint density at radius 3 is 1.48 bits per heavy atom. The molecule has 2 saturated carbocycles. The van der Waals surface area contributed by atoms with E-state index in [4.69, 9.17) is 15.0 Å². The van der Waals surface area contributed by atoms with E-state index in [0.717, 1.165) is 11.4 Å². The van der Waals surface area contributed by atoms with Crippen LogP contribution in [-0.4, -0.2) is 29.5 Å². The Hall–Kier alpha value is -0.134. The zero-order valence-electron chi connectivity index (χ0n) is 15.8. The van der Waals surface area contributed by atoms with Gasteiger partial charge in [-0.2, -0.15) is 0 Å². The molecule has 0 saturated heterocycles. The Morgan fingerprint density at radius 2 is 1.11 bits per heavy atom. The average molecular weight is 477 g/mol. The largest absolute Gasteiger partial charge is 3.00 e. The Labute approximate surface area is 193 Å². The number of aromatic nitrogens is 1. The normalized spacial score (nSPS) is 18.3. The zero-order chi connectivity index (χ0) is 15.9. The van der Waals surface area contributed by atoms with Crippen molar-refractivity contribution in [3.8, 4) is 0 Å². The van der Waals surface area contributed by atoms with Gasteiger partial charge >= 0.3 is 16.8 Å². The number of hydrogen-bond donors (Lipinski definition) is 0. The maximum absolute atomic E-state index is 4.75. The molecule has 1 aromatic rings. The molecule has 3 rings (SSSR count). The molecule has 0 N–H and O–H groups in total. The van der Waals surface area contributed by atoms with Gasteiger partial charge in [-0.05, 0) is 50.3 Å². The van der Waals surface area contributed by atoms with Crippen LogP contribution in [0.4, 0.5) is 0 Å². The van der Waals surface area contributed by atoms with Crippen LogP contribution in [0.25, 0.3) is 0 Å². The van der Waals surface area contributed by atoms with Crippen LogP contribution in [-0.2, 0) is 16.8 Å². The molecule has 2 aliphatic rings. The van der Waals surface area contributed by atoms with E-state index in [1.54, 1.807) is 0 Å². The van der Waals surface area contributed by atoms with E-state index in [9.17, 15) is 0 Å². The molecular formula is C20H29Cl3CoN3. The number of aryl methyl sites for hydroxylation is 1. The summed E-state index contributed by atoms with van der Waals surface area (Å²) in [6.45, 7) is 2.12. The Balaban J connectivity index is 0. The Kier molecular flexibility index (Phi) is 17.0. The zero-order valence-corrected chi connectivity index (χ0v) is 19.2. The van der Waals surface area contributed by atoms with Crippen molar-refractivity contribution in [2.45, 2.75) is 83.2 Å². The van der Waals surface area contributed by atoms with E-state index < -0.39 is 0 Å². The van der Waals surface area contributed by atoms with Crippen molar-refractivity contribution < 1.29 is 54.0 Å². The van der Waals surface area contributed by atoms with Crippen LogP contribution >= 0.6 is 0 Å². The maximum atomic E-state index is 4.75. The van der Waals surface area contributed by atoms with Crippen LogP contribution in [0.5, 0.6) is 0 Å². The number of pyridine rings is 1. The van der Waals surface area contributed by atoms with Gasteiger partial charge in [-0.15, -0.1) is 0 Å². The van der Waals surface area contributed by atoms with Crippen molar-refractivity contribution >= 4 is 12.4 Å². The van der Waals surface area contributed by atoms with Crippen LogP contribution in [0.15, 0.2) is 22.1 Å². The summed E-state index contributed by atoms with van der Waals surface area (Å²) in [5, 5.41) is 0. The van der Waals surface area contributed by atoms with Gasteiger partial charge in [0.25, 0.3) is 0 Å². The molecule has 0 atom stereocenters. The molecule has 3 nitrogen and oxygen atoms in total. The van der Waals surface area contributed by atoms with Gasteiger partial charge in [0, 0.05) is 12.4 Å². The van der Waals surface area contributed by atoms with Crippen molar-refractivity contribution in [1.82, 2.24) is 4.98 Å². The summed E-state index contributed by atoms with van der Waals surface area (Å²) in [5.41, 5.74) is 3.18. The number of hydrogen-bond acceptors (Lipinski definition) is 3. The van der Waals surface area contributed by atoms with E-state index in [0.29, 0.717) is 12.1 Å². The smallest absolute Gasteiger partial charge is 1.00 e. The minimum atomic E-state index is 0. The molecule has 7 heteroatoms. The average Bonchev–Trinajstić information content (AvgIpc) is 2.60. The van der Waals surface area contributed by atoms with Crippen molar-refractivity contribution in [2.24, 2.45) is 9.98 Å². The number of nitrogens with zero attached hydrogens (tertiary/aromatic N) is 3. The number of aliphatic imine (C=N–C) groups is 2. The molecule has 0 unspecified atom stereocenters. The maximum Gasteiger partial charge on any atom is 3.00 e. The standard InChI is InChI=1S/C20H29N3.3ClH.Co/c1-16-12-19(14-21-17-8-4-2-5-9-17)23-20(13-16)15-22-18-10-6-3-7-11-18;;;;/h12-15,17-18H,2-11H2,1H3;3*1H;/q;;;;+3/p-3. The third-order valence-corrected chi connectivity index (χ3v) is 4.99. The first-order valence-corrected chi connectivity index (χ1v) is 9.35. The van der Waals surface area contributed by atoms with Crippen LogP contribution in [0.3, 0.4) is 0 Å². The topological polar surface area (TPSA) is 37.6 Å². The van der Waals surface area contributed by atoms with E-state index in [2.05, 4.69) is 19.1 Å². The summed E-state index contributed by atoms with van der Waals surface area (Å²) >= 11 is 0. The van der Waals surface area contributed by atoms with E-state index in [-0.39, 0.29) is 54.0 Å². The Morgan fingerprint density at radius 1 is 0.741 bits per heavy atom. The van der Waals surface area contributed by atoms with Gasteiger partial charge in [-0.3, -0.25) is 9.98 Å². The fourth-order valence-electron chi connectivity index (χ4n) is 3.68. The van der Waals surface area contributed by atoms with Crippen LogP contribution in [0.1, 0.15) is 81.2 Å². The van der Waals surface area contributed by atoms with Crippen molar-refractivity contribution in [2.75, 3.05) is 0 Å². The SMILES string of the molecule is Cc1cc(C=NC2CCCCC2)nc(C=NC2CCCCC2)c1.[Cl-].[Cl-].[Cl-].[Co+3]. The number of halogens is 3. The van der Waals surface area contributed by atoms with Crippen molar-refractivity contribution in [3.63, 3.8) is 0 Å². The van der Waals surface area contributed by atoms with Gasteiger partial charge in [0.05, 0.1) is 23.5 Å². The molecular weight excluding hydrogens is 448 g/mol. The predicted molar refractivity (Wildman–Crippen MR) is 97.9 cm³/mol. The third kappa shape index (κ3) is 10.3. The molecule has 1 aromatic heterocycles. The molecule has 154 valence electrons. The molecule has 1 heterocycles. The molecule has 0 spiro atoms. The minimum Gasteiger partial charge on any atom is -1.00 e. The molecule has 0 aromatic carbocycles. The summed E-state index contributed by atoms with van der Waals surface area (Å²) < 4.78 is 0. The first-order chi connectivity index (χ1) is 11.3. The van der Waals surface area contributed by atoms with Crippen LogP contribution < -0.4 is 37.2 Å². The molecule has 0 aliphatic heterocycles. The number of rotatable bonds is 4. The van der Waals surface area contributed by atoms with Gasteiger partial charge in [0.15, 0.2) is 0 Å². The fourth-order valence-corrected chi connectivity index (χ4v) is 3.68. The van der Waals surface area contributed by atoms with Gasteiger partial charge in [-0.1, -0.05) is 38.5 Å². The van der Waals surface area contributed by atoms with E-state index in [1.807, 2.05) is 12.4 Å². The fraction of sp³-hybridized carbons (Fsp3) is 0.650. The molecule has 0 amide bonds. The predicted octanol–water partition coefficient (Wildman–Crippen LogP) is -4.10. The third-order valence-electron chi connectivity index (χ3n) is 4.99. The first kappa shape index (κ1) is 29.1. The molecule has 2 fully saturated rings. The molecule has 0 radical (unpaired) electrons. The quantitative estimate of drug-likeness (QED) is 0.407. The van der Waals surface area contributed by atoms with Gasteiger partial charge in [0.2, 0.25) is 0 Å². The van der Waals surface area contributed by atoms with E-state index in [1.165, 1.54) is 69.8 Å². The van der Waals surface area contributed by atoms with Crippen LogP contribution in [0.2, 0.25) is 0 Å². The second-order valence-corrected chi connectivity index (χ2v) is 7.13. The van der Waals surface area contributed by atoms with E-state index >= 15 is 0 Å². The first-order valence-electron chi connectivity index (χ1n) is 9.35. The minimum absolute atomic E-state index is 0. The summed E-state index contributed by atoms with van der Waals surface area (Å²) in [4.78, 5) is 14.2. The summed E-state index contributed by atoms with van der Waals surface area (Å²) in [7, 11) is 0. The summed E-state index contributed by atoms with van der Waals surface area (Å²) in [5.74, 6) is 0. The van der Waals surface area contributed by atoms with Crippen LogP contribution in [0, 0.1) is 6.92 Å². The van der Waals surface area contributed by atoms with Gasteiger partial charge in [-0.25, -0.2) is 4.98 Å². The summed E-state index contributed by atoms with van der Waals surface area (Å²) in [6, 6.07) is 5.24. The molecule has 27 heavy (non-hydrogen) atoms. The molecule has 0 bridgehead atoms. The second kappa shape index (κ2) is 15.8. The summed E-state index contributed by atoms with van der Waals surface area (Å²) in [6.07, 6.45) is 16.9. The van der Waals surface area contributed by atoms with Gasteiger partial charge in [0.1, 0.15) is 0 Å². The monoisotopic (exact) mass is 475 g/mol. The second-order valence-electron chi connectivity index (χ2n) is 7.13.